The van der Waals surface area contributed by atoms with Crippen LogP contribution in [-0.2, 0) is 6.42 Å². The number of aliphatic hydroxyl groups excluding tert-OH is 2. The number of benzene rings is 1. The van der Waals surface area contributed by atoms with E-state index in [1.165, 1.54) is 0 Å². The first kappa shape index (κ1) is 24.9. The van der Waals surface area contributed by atoms with Crippen LogP contribution in [0, 0.1) is 13.8 Å². The van der Waals surface area contributed by atoms with Crippen LogP contribution in [0.25, 0.3) is 22.8 Å². The van der Waals surface area contributed by atoms with Crippen molar-refractivity contribution >= 4 is 0 Å². The van der Waals surface area contributed by atoms with E-state index in [4.69, 9.17) is 19.4 Å². The molecule has 0 aliphatic rings. The highest BCUT2D eigenvalue weighted by Gasteiger charge is 2.18. The largest absolute Gasteiger partial charge is 0.490 e. The maximum absolute atomic E-state index is 9.67. The summed E-state index contributed by atoms with van der Waals surface area (Å²) in [4.78, 5) is 9.40. The SMILES string of the molecule is CCCc1cc(-c2noc(-c3cc(C)nc(C(CC)CC)c3)n2)cc(C)c1OC[C@@H](O)CO. The Balaban J connectivity index is 1.94. The molecule has 0 fully saturated rings. The first-order valence-electron chi connectivity index (χ1n) is 11.8. The molecule has 0 aliphatic heterocycles. The fraction of sp³-hybridized carbons (Fsp3) is 0.500. The molecule has 0 saturated heterocycles. The zero-order valence-corrected chi connectivity index (χ0v) is 20.3. The second-order valence-corrected chi connectivity index (χ2v) is 8.54. The Morgan fingerprint density at radius 2 is 1.76 bits per heavy atom. The highest BCUT2D eigenvalue weighted by Crippen LogP contribution is 2.32. The predicted octanol–water partition coefficient (Wildman–Crippen LogP) is 5.00. The second-order valence-electron chi connectivity index (χ2n) is 8.54. The molecular formula is C26H35N3O4. The monoisotopic (exact) mass is 453 g/mol. The number of hydrogen-bond donors (Lipinski definition) is 2. The van der Waals surface area contributed by atoms with E-state index in [0.29, 0.717) is 17.6 Å². The van der Waals surface area contributed by atoms with Gasteiger partial charge in [-0.3, -0.25) is 4.98 Å². The highest BCUT2D eigenvalue weighted by molar-refractivity contribution is 5.64. The van der Waals surface area contributed by atoms with E-state index in [2.05, 4.69) is 37.0 Å². The van der Waals surface area contributed by atoms with Gasteiger partial charge in [-0.15, -0.1) is 0 Å². The molecule has 7 heteroatoms. The van der Waals surface area contributed by atoms with E-state index in [9.17, 15) is 5.11 Å². The Hall–Kier alpha value is -2.77. The van der Waals surface area contributed by atoms with E-state index < -0.39 is 6.10 Å². The lowest BCUT2D eigenvalue weighted by molar-refractivity contribution is 0.0531. The van der Waals surface area contributed by atoms with Gasteiger partial charge in [0, 0.05) is 28.4 Å². The maximum Gasteiger partial charge on any atom is 0.258 e. The average Bonchev–Trinajstić information content (AvgIpc) is 3.29. The smallest absolute Gasteiger partial charge is 0.258 e. The minimum atomic E-state index is -0.910. The molecule has 2 aromatic heterocycles. The minimum absolute atomic E-state index is 0.0417. The predicted molar refractivity (Wildman–Crippen MR) is 128 cm³/mol. The number of hydrogen-bond acceptors (Lipinski definition) is 7. The number of rotatable bonds is 11. The number of aryl methyl sites for hydroxylation is 3. The summed E-state index contributed by atoms with van der Waals surface area (Å²) >= 11 is 0. The van der Waals surface area contributed by atoms with Crippen LogP contribution in [0.3, 0.4) is 0 Å². The van der Waals surface area contributed by atoms with E-state index >= 15 is 0 Å². The van der Waals surface area contributed by atoms with Crippen LogP contribution in [0.15, 0.2) is 28.8 Å². The quantitative estimate of drug-likeness (QED) is 0.421. The average molecular weight is 454 g/mol. The van der Waals surface area contributed by atoms with E-state index in [1.54, 1.807) is 0 Å². The summed E-state index contributed by atoms with van der Waals surface area (Å²) in [5, 5.41) is 23.0. The van der Waals surface area contributed by atoms with E-state index in [0.717, 1.165) is 65.1 Å². The van der Waals surface area contributed by atoms with Gasteiger partial charge in [0.15, 0.2) is 0 Å². The molecular weight excluding hydrogens is 418 g/mol. The molecule has 3 aromatic rings. The number of nitrogens with zero attached hydrogens (tertiary/aromatic N) is 3. The molecule has 0 unspecified atom stereocenters. The zero-order valence-electron chi connectivity index (χ0n) is 20.3. The molecule has 0 aliphatic carbocycles. The molecule has 0 spiro atoms. The number of ether oxygens (including phenoxy) is 1. The van der Waals surface area contributed by atoms with E-state index in [-0.39, 0.29) is 13.2 Å². The topological polar surface area (TPSA) is 102 Å². The third-order valence-corrected chi connectivity index (χ3v) is 5.81. The molecule has 2 N–H and O–H groups in total. The van der Waals surface area contributed by atoms with Crippen LogP contribution in [-0.4, -0.2) is 44.7 Å². The lowest BCUT2D eigenvalue weighted by Gasteiger charge is -2.17. The van der Waals surface area contributed by atoms with Gasteiger partial charge in [-0.1, -0.05) is 32.3 Å². The Morgan fingerprint density at radius 3 is 2.42 bits per heavy atom. The second kappa shape index (κ2) is 11.4. The molecule has 0 bridgehead atoms. The molecule has 0 amide bonds. The van der Waals surface area contributed by atoms with Crippen LogP contribution in [0.5, 0.6) is 5.75 Å². The van der Waals surface area contributed by atoms with Crippen molar-refractivity contribution < 1.29 is 19.5 Å². The van der Waals surface area contributed by atoms with Crippen molar-refractivity contribution in [3.05, 3.63) is 46.8 Å². The van der Waals surface area contributed by atoms with Crippen LogP contribution in [0.4, 0.5) is 0 Å². The van der Waals surface area contributed by atoms with Crippen molar-refractivity contribution in [3.63, 3.8) is 0 Å². The van der Waals surface area contributed by atoms with Crippen LogP contribution in [0.1, 0.15) is 68.5 Å². The molecule has 33 heavy (non-hydrogen) atoms. The van der Waals surface area contributed by atoms with Crippen LogP contribution in [0.2, 0.25) is 0 Å². The van der Waals surface area contributed by atoms with Gasteiger partial charge in [-0.05, 0) is 68.5 Å². The molecule has 1 aromatic carbocycles. The minimum Gasteiger partial charge on any atom is -0.490 e. The number of aliphatic hydroxyl groups is 2. The van der Waals surface area contributed by atoms with Crippen molar-refractivity contribution in [1.29, 1.82) is 0 Å². The summed E-state index contributed by atoms with van der Waals surface area (Å²) in [5.41, 5.74) is 5.66. The summed E-state index contributed by atoms with van der Waals surface area (Å²) in [6.45, 7) is 10.1. The van der Waals surface area contributed by atoms with Gasteiger partial charge < -0.3 is 19.5 Å². The maximum atomic E-state index is 9.67. The van der Waals surface area contributed by atoms with Gasteiger partial charge >= 0.3 is 0 Å². The highest BCUT2D eigenvalue weighted by atomic mass is 16.5. The zero-order chi connectivity index (χ0) is 24.0. The Kier molecular flexibility index (Phi) is 8.58. The lowest BCUT2D eigenvalue weighted by Crippen LogP contribution is -2.22. The molecule has 1 atom stereocenters. The van der Waals surface area contributed by atoms with Crippen LogP contribution >= 0.6 is 0 Å². The summed E-state index contributed by atoms with van der Waals surface area (Å²) in [5.74, 6) is 2.13. The molecule has 2 heterocycles. The van der Waals surface area contributed by atoms with Gasteiger partial charge in [-0.25, -0.2) is 0 Å². The van der Waals surface area contributed by atoms with Gasteiger partial charge in [0.05, 0.1) is 6.61 Å². The Labute approximate surface area is 195 Å². The Bertz CT molecular complexity index is 1060. The summed E-state index contributed by atoms with van der Waals surface area (Å²) < 4.78 is 11.5. The standard InChI is InChI=1S/C26H35N3O4/c1-6-9-19-12-20(10-16(4)24(19)32-15-22(31)14-30)25-28-26(33-29-25)21-11-17(5)27-23(13-21)18(7-2)8-3/h10-13,18,22,30-31H,6-9,14-15H2,1-5H3/t22-/m0/s1. The fourth-order valence-electron chi connectivity index (χ4n) is 4.06. The molecule has 7 nitrogen and oxygen atoms in total. The molecule has 0 saturated carbocycles. The van der Waals surface area contributed by atoms with Crippen molar-refractivity contribution in [2.75, 3.05) is 13.2 Å². The van der Waals surface area contributed by atoms with Crippen molar-refractivity contribution in [1.82, 2.24) is 15.1 Å². The summed E-state index contributed by atoms with van der Waals surface area (Å²) in [7, 11) is 0. The molecule has 178 valence electrons. The van der Waals surface area contributed by atoms with Gasteiger partial charge in [-0.2, -0.15) is 4.98 Å². The molecule has 0 radical (unpaired) electrons. The fourth-order valence-corrected chi connectivity index (χ4v) is 4.06. The van der Waals surface area contributed by atoms with Crippen molar-refractivity contribution in [2.24, 2.45) is 0 Å². The van der Waals surface area contributed by atoms with Gasteiger partial charge in [0.25, 0.3) is 5.89 Å². The third kappa shape index (κ3) is 5.97. The third-order valence-electron chi connectivity index (χ3n) is 5.81. The first-order valence-corrected chi connectivity index (χ1v) is 11.8. The normalized spacial score (nSPS) is 12.4. The molecule has 3 rings (SSSR count). The number of pyridine rings is 1. The summed E-state index contributed by atoms with van der Waals surface area (Å²) in [6.07, 6.45) is 2.91. The summed E-state index contributed by atoms with van der Waals surface area (Å²) in [6, 6.07) is 8.00. The first-order chi connectivity index (χ1) is 15.9. The van der Waals surface area contributed by atoms with Crippen molar-refractivity contribution in [2.45, 2.75) is 72.3 Å². The van der Waals surface area contributed by atoms with E-state index in [1.807, 2.05) is 32.0 Å². The van der Waals surface area contributed by atoms with Crippen molar-refractivity contribution in [3.8, 4) is 28.6 Å². The van der Waals surface area contributed by atoms with Gasteiger partial charge in [0.1, 0.15) is 18.5 Å². The van der Waals surface area contributed by atoms with Gasteiger partial charge in [0.2, 0.25) is 5.82 Å². The Morgan fingerprint density at radius 1 is 1.00 bits per heavy atom. The lowest BCUT2D eigenvalue weighted by atomic mass is 9.97. The number of aromatic nitrogens is 3. The van der Waals surface area contributed by atoms with Crippen LogP contribution < -0.4 is 4.74 Å².